The molecule has 0 aliphatic heterocycles. The molecule has 0 bridgehead atoms. The Balaban J connectivity index is 2.37. The molecule has 5 nitrogen and oxygen atoms in total. The summed E-state index contributed by atoms with van der Waals surface area (Å²) in [5.41, 5.74) is 0.995. The van der Waals surface area contributed by atoms with Crippen molar-refractivity contribution >= 4 is 18.5 Å². The van der Waals surface area contributed by atoms with E-state index in [9.17, 15) is 14.4 Å². The zero-order valence-corrected chi connectivity index (χ0v) is 11.1. The van der Waals surface area contributed by atoms with Gasteiger partial charge in [0.1, 0.15) is 12.6 Å². The van der Waals surface area contributed by atoms with Crippen molar-refractivity contribution in [2.24, 2.45) is 11.8 Å². The lowest BCUT2D eigenvalue weighted by Gasteiger charge is -2.14. The van der Waals surface area contributed by atoms with E-state index in [2.05, 4.69) is 0 Å². The standard InChI is InChI=1S/C15H18O5/c16-8-13(7-15(18)19)6-14(9-17)11-20-10-12-4-2-1-3-5-12/h1-5,8-9,13-14H,6-7,10-11H2,(H,18,19). The van der Waals surface area contributed by atoms with Crippen molar-refractivity contribution in [2.45, 2.75) is 19.4 Å². The summed E-state index contributed by atoms with van der Waals surface area (Å²) in [4.78, 5) is 32.3. The number of carboxylic acid groups (broad SMARTS) is 1. The largest absolute Gasteiger partial charge is 0.481 e. The average Bonchev–Trinajstić information content (AvgIpc) is 2.45. The molecule has 108 valence electrons. The molecule has 0 heterocycles. The highest BCUT2D eigenvalue weighted by Gasteiger charge is 2.18. The van der Waals surface area contributed by atoms with Crippen LogP contribution >= 0.6 is 0 Å². The Kier molecular flexibility index (Phi) is 7.21. The van der Waals surface area contributed by atoms with Gasteiger partial charge in [-0.15, -0.1) is 0 Å². The summed E-state index contributed by atoms with van der Waals surface area (Å²) in [6.07, 6.45) is 1.24. The maximum absolute atomic E-state index is 10.9. The first-order chi connectivity index (χ1) is 9.65. The van der Waals surface area contributed by atoms with Crippen LogP contribution in [0.5, 0.6) is 0 Å². The number of carbonyl (C=O) groups excluding carboxylic acids is 2. The van der Waals surface area contributed by atoms with Gasteiger partial charge in [-0.2, -0.15) is 0 Å². The van der Waals surface area contributed by atoms with Crippen LogP contribution in [0, 0.1) is 11.8 Å². The molecule has 0 radical (unpaired) electrons. The van der Waals surface area contributed by atoms with E-state index < -0.39 is 17.8 Å². The molecule has 20 heavy (non-hydrogen) atoms. The van der Waals surface area contributed by atoms with Gasteiger partial charge in [-0.25, -0.2) is 0 Å². The van der Waals surface area contributed by atoms with Crippen LogP contribution in [0.15, 0.2) is 30.3 Å². The van der Waals surface area contributed by atoms with Gasteiger partial charge in [-0.3, -0.25) is 4.79 Å². The third-order valence-corrected chi connectivity index (χ3v) is 2.87. The minimum atomic E-state index is -1.04. The van der Waals surface area contributed by atoms with Gasteiger partial charge < -0.3 is 19.4 Å². The Hall–Kier alpha value is -2.01. The van der Waals surface area contributed by atoms with Gasteiger partial charge in [-0.05, 0) is 12.0 Å². The lowest BCUT2D eigenvalue weighted by Crippen LogP contribution is -2.19. The van der Waals surface area contributed by atoms with Crippen molar-refractivity contribution in [2.75, 3.05) is 6.61 Å². The van der Waals surface area contributed by atoms with Gasteiger partial charge in [0.15, 0.2) is 0 Å². The predicted octanol–water partition coefficient (Wildman–Crippen LogP) is 1.70. The summed E-state index contributed by atoms with van der Waals surface area (Å²) >= 11 is 0. The molecule has 1 rings (SSSR count). The molecular formula is C15H18O5. The van der Waals surface area contributed by atoms with Gasteiger partial charge in [0.2, 0.25) is 0 Å². The molecule has 0 aliphatic rings. The summed E-state index contributed by atoms with van der Waals surface area (Å²) in [6.45, 7) is 0.568. The first kappa shape index (κ1) is 16.0. The van der Waals surface area contributed by atoms with Crippen LogP contribution in [0.25, 0.3) is 0 Å². The van der Waals surface area contributed by atoms with E-state index in [-0.39, 0.29) is 19.4 Å². The molecule has 0 aromatic heterocycles. The monoisotopic (exact) mass is 278 g/mol. The maximum atomic E-state index is 10.9. The van der Waals surface area contributed by atoms with E-state index in [0.717, 1.165) is 5.56 Å². The van der Waals surface area contributed by atoms with Crippen LogP contribution < -0.4 is 0 Å². The fraction of sp³-hybridized carbons (Fsp3) is 0.400. The molecule has 1 aromatic carbocycles. The van der Waals surface area contributed by atoms with Crippen molar-refractivity contribution in [3.63, 3.8) is 0 Å². The van der Waals surface area contributed by atoms with Gasteiger partial charge in [0, 0.05) is 11.8 Å². The van der Waals surface area contributed by atoms with E-state index in [0.29, 0.717) is 19.2 Å². The summed E-state index contributed by atoms with van der Waals surface area (Å²) in [6, 6.07) is 9.51. The summed E-state index contributed by atoms with van der Waals surface area (Å²) in [5.74, 6) is -2.16. The van der Waals surface area contributed by atoms with E-state index in [1.807, 2.05) is 30.3 Å². The average molecular weight is 278 g/mol. The number of aliphatic carboxylic acids is 1. The fourth-order valence-electron chi connectivity index (χ4n) is 1.87. The van der Waals surface area contributed by atoms with Crippen LogP contribution in [0.4, 0.5) is 0 Å². The predicted molar refractivity (Wildman–Crippen MR) is 72.1 cm³/mol. The number of rotatable bonds is 10. The van der Waals surface area contributed by atoms with Gasteiger partial charge >= 0.3 is 5.97 Å². The molecule has 1 N–H and O–H groups in total. The van der Waals surface area contributed by atoms with Gasteiger partial charge in [0.25, 0.3) is 0 Å². The third-order valence-electron chi connectivity index (χ3n) is 2.87. The number of hydrogen-bond donors (Lipinski definition) is 1. The van der Waals surface area contributed by atoms with Crippen LogP contribution in [-0.2, 0) is 25.7 Å². The van der Waals surface area contributed by atoms with Gasteiger partial charge in [0.05, 0.1) is 19.6 Å². The highest BCUT2D eigenvalue weighted by Crippen LogP contribution is 2.14. The SMILES string of the molecule is O=CC(COCc1ccccc1)CC(C=O)CC(=O)O. The number of carboxylic acids is 1. The number of hydrogen-bond acceptors (Lipinski definition) is 4. The number of aldehydes is 2. The molecule has 2 unspecified atom stereocenters. The molecule has 0 saturated heterocycles. The zero-order chi connectivity index (χ0) is 14.8. The van der Waals surface area contributed by atoms with Crippen LogP contribution in [0.3, 0.4) is 0 Å². The number of benzene rings is 1. The van der Waals surface area contributed by atoms with Crippen molar-refractivity contribution in [1.29, 1.82) is 0 Å². The Labute approximate surface area is 117 Å². The van der Waals surface area contributed by atoms with Crippen molar-refractivity contribution in [3.05, 3.63) is 35.9 Å². The molecule has 2 atom stereocenters. The molecular weight excluding hydrogens is 260 g/mol. The maximum Gasteiger partial charge on any atom is 0.304 e. The van der Waals surface area contributed by atoms with Crippen molar-refractivity contribution < 1.29 is 24.2 Å². The fourth-order valence-corrected chi connectivity index (χ4v) is 1.87. The van der Waals surface area contributed by atoms with Gasteiger partial charge in [-0.1, -0.05) is 30.3 Å². The quantitative estimate of drug-likeness (QED) is 0.659. The van der Waals surface area contributed by atoms with Crippen LogP contribution in [0.1, 0.15) is 18.4 Å². The Morgan fingerprint density at radius 1 is 1.15 bits per heavy atom. The topological polar surface area (TPSA) is 80.7 Å². The molecule has 0 spiro atoms. The molecule has 1 aromatic rings. The molecule has 0 saturated carbocycles. The van der Waals surface area contributed by atoms with Crippen LogP contribution in [0.2, 0.25) is 0 Å². The highest BCUT2D eigenvalue weighted by atomic mass is 16.5. The van der Waals surface area contributed by atoms with Crippen LogP contribution in [-0.4, -0.2) is 30.3 Å². The number of carbonyl (C=O) groups is 3. The second kappa shape index (κ2) is 8.98. The van der Waals surface area contributed by atoms with Crippen molar-refractivity contribution in [1.82, 2.24) is 0 Å². The Bertz CT molecular complexity index is 429. The molecule has 0 amide bonds. The minimum Gasteiger partial charge on any atom is -0.481 e. The summed E-state index contributed by atoms with van der Waals surface area (Å²) in [5, 5.41) is 8.65. The van der Waals surface area contributed by atoms with E-state index in [1.165, 1.54) is 0 Å². The summed E-state index contributed by atoms with van der Waals surface area (Å²) < 4.78 is 5.43. The third kappa shape index (κ3) is 6.24. The minimum absolute atomic E-state index is 0.183. The highest BCUT2D eigenvalue weighted by molar-refractivity contribution is 5.72. The first-order valence-electron chi connectivity index (χ1n) is 6.39. The smallest absolute Gasteiger partial charge is 0.304 e. The molecule has 0 fully saturated rings. The Morgan fingerprint density at radius 2 is 1.80 bits per heavy atom. The lowest BCUT2D eigenvalue weighted by atomic mass is 9.94. The second-order valence-electron chi connectivity index (χ2n) is 4.63. The second-order valence-corrected chi connectivity index (χ2v) is 4.63. The first-order valence-corrected chi connectivity index (χ1v) is 6.39. The van der Waals surface area contributed by atoms with Crippen molar-refractivity contribution in [3.8, 4) is 0 Å². The Morgan fingerprint density at radius 3 is 2.35 bits per heavy atom. The van der Waals surface area contributed by atoms with E-state index >= 15 is 0 Å². The lowest BCUT2D eigenvalue weighted by molar-refractivity contribution is -0.139. The van der Waals surface area contributed by atoms with E-state index in [1.54, 1.807) is 0 Å². The van der Waals surface area contributed by atoms with E-state index in [4.69, 9.17) is 9.84 Å². The normalized spacial score (nSPS) is 13.4. The summed E-state index contributed by atoms with van der Waals surface area (Å²) in [7, 11) is 0. The number of ether oxygens (including phenoxy) is 1. The molecule has 5 heteroatoms. The zero-order valence-electron chi connectivity index (χ0n) is 11.1. The molecule has 0 aliphatic carbocycles.